The molecule has 2 fully saturated rings. The van der Waals surface area contributed by atoms with Crippen LogP contribution in [0.3, 0.4) is 0 Å². The number of hydrogen-bond donors (Lipinski definition) is 2. The summed E-state index contributed by atoms with van der Waals surface area (Å²) in [6, 6.07) is 9.35. The van der Waals surface area contributed by atoms with Crippen molar-refractivity contribution >= 4 is 16.8 Å². The monoisotopic (exact) mass is 662 g/mol. The molecule has 6 nitrogen and oxygen atoms in total. The van der Waals surface area contributed by atoms with Crippen molar-refractivity contribution in [3.8, 4) is 0 Å². The second-order valence-corrected chi connectivity index (χ2v) is 16.0. The molecule has 7 atom stereocenters. The molecule has 3 rings (SSSR count). The molecule has 2 unspecified atom stereocenters. The van der Waals surface area contributed by atoms with Crippen LogP contribution >= 0.6 is 0 Å². The topological polar surface area (TPSA) is 93.1 Å². The number of hydrogen-bond acceptors (Lipinski definition) is 6. The number of benzene rings is 1. The van der Waals surface area contributed by atoms with E-state index in [1.54, 1.807) is 0 Å². The highest BCUT2D eigenvalue weighted by Crippen LogP contribution is 2.39. The Labute approximate surface area is 283 Å². The number of esters is 1. The van der Waals surface area contributed by atoms with Crippen LogP contribution in [0.15, 0.2) is 35.2 Å². The summed E-state index contributed by atoms with van der Waals surface area (Å²) < 4.78 is 24.1. The highest BCUT2D eigenvalue weighted by molar-refractivity contribution is 7.87. The van der Waals surface area contributed by atoms with Crippen molar-refractivity contribution < 1.29 is 28.7 Å². The lowest BCUT2D eigenvalue weighted by Crippen LogP contribution is -2.39. The van der Waals surface area contributed by atoms with Gasteiger partial charge in [0.2, 0.25) is 0 Å². The third-order valence-electron chi connectivity index (χ3n) is 10.2. The van der Waals surface area contributed by atoms with E-state index < -0.39 is 27.8 Å². The summed E-state index contributed by atoms with van der Waals surface area (Å²) in [5.41, 5.74) is 0. The number of carbonyl (C=O) groups excluding carboxylic acids is 1. The van der Waals surface area contributed by atoms with E-state index >= 15 is 0 Å². The number of carbonyl (C=O) groups is 1. The summed E-state index contributed by atoms with van der Waals surface area (Å²) in [4.78, 5) is 13.5. The Morgan fingerprint density at radius 3 is 1.65 bits per heavy atom. The molecule has 0 amide bonds. The van der Waals surface area contributed by atoms with Crippen molar-refractivity contribution in [2.45, 2.75) is 208 Å². The molecule has 2 aliphatic rings. The molecule has 0 radical (unpaired) electrons. The fourth-order valence-corrected chi connectivity index (χ4v) is 9.16. The lowest BCUT2D eigenvalue weighted by atomic mass is 9.96. The summed E-state index contributed by atoms with van der Waals surface area (Å²) in [5.74, 6) is -0.294. The van der Waals surface area contributed by atoms with Gasteiger partial charge in [-0.15, -0.1) is 0 Å². The van der Waals surface area contributed by atoms with Crippen LogP contribution in [-0.2, 0) is 25.1 Å². The molecule has 0 bridgehead atoms. The number of aliphatic hydroxyl groups is 2. The van der Waals surface area contributed by atoms with Crippen LogP contribution in [0, 0.1) is 0 Å². The van der Waals surface area contributed by atoms with Crippen LogP contribution in [0.2, 0.25) is 0 Å². The lowest BCUT2D eigenvalue weighted by molar-refractivity contribution is -0.142. The van der Waals surface area contributed by atoms with Gasteiger partial charge in [-0.25, -0.2) is 0 Å². The van der Waals surface area contributed by atoms with E-state index in [4.69, 9.17) is 9.47 Å². The van der Waals surface area contributed by atoms with Gasteiger partial charge in [0.05, 0.1) is 35.2 Å². The van der Waals surface area contributed by atoms with E-state index in [0.29, 0.717) is 17.7 Å². The summed E-state index contributed by atoms with van der Waals surface area (Å²) in [7, 11) is -1.40. The Kier molecular flexibility index (Phi) is 19.0. The minimum atomic E-state index is -1.40. The van der Waals surface area contributed by atoms with Gasteiger partial charge in [0.25, 0.3) is 0 Å². The highest BCUT2D eigenvalue weighted by atomic mass is 32.2. The van der Waals surface area contributed by atoms with Crippen molar-refractivity contribution in [2.75, 3.05) is 0 Å². The quantitative estimate of drug-likeness (QED) is 0.0759. The van der Waals surface area contributed by atoms with Crippen LogP contribution in [-0.4, -0.2) is 55.7 Å². The van der Waals surface area contributed by atoms with Gasteiger partial charge in [0.15, 0.2) is 4.75 Å². The number of ether oxygens (including phenoxy) is 2. The predicted molar refractivity (Wildman–Crippen MR) is 188 cm³/mol. The maximum atomic E-state index is 13.4. The van der Waals surface area contributed by atoms with E-state index in [1.807, 2.05) is 37.3 Å². The summed E-state index contributed by atoms with van der Waals surface area (Å²) in [5, 5.41) is 21.3. The minimum absolute atomic E-state index is 0.105. The standard InChI is InChI=1S/C39H66O6S/c1-3-4-5-6-7-12-15-21-26-34(40)36-28-29-37(45-36)35(41)27-22-16-13-10-8-9-11-14-17-23-30-39(31-32(2)44-38(39)42)46(43)33-24-19-18-20-25-33/h18-20,24-25,32,34-37,40-41H,3-17,21-23,26-31H2,1-2H3/t32-,34+,35+,36+,37+,39?,46?/m0/s1. The number of cyclic esters (lactones) is 1. The molecule has 0 saturated carbocycles. The minimum Gasteiger partial charge on any atom is -0.461 e. The zero-order chi connectivity index (χ0) is 33.0. The molecule has 264 valence electrons. The third kappa shape index (κ3) is 13.3. The van der Waals surface area contributed by atoms with Crippen LogP contribution in [0.5, 0.6) is 0 Å². The van der Waals surface area contributed by atoms with Crippen LogP contribution in [0.1, 0.15) is 168 Å². The molecule has 2 saturated heterocycles. The van der Waals surface area contributed by atoms with Gasteiger partial charge >= 0.3 is 5.97 Å². The van der Waals surface area contributed by atoms with Crippen LogP contribution in [0.25, 0.3) is 0 Å². The smallest absolute Gasteiger partial charge is 0.325 e. The average molecular weight is 663 g/mol. The predicted octanol–water partition coefficient (Wildman–Crippen LogP) is 9.35. The zero-order valence-corrected chi connectivity index (χ0v) is 30.0. The molecule has 46 heavy (non-hydrogen) atoms. The van der Waals surface area contributed by atoms with Gasteiger partial charge in [0, 0.05) is 11.3 Å². The fraction of sp³-hybridized carbons (Fsp3) is 0.821. The first-order valence-electron chi connectivity index (χ1n) is 19.1. The molecule has 0 aliphatic carbocycles. The first kappa shape index (κ1) is 39.2. The van der Waals surface area contributed by atoms with Gasteiger partial charge in [-0.05, 0) is 51.2 Å². The van der Waals surface area contributed by atoms with E-state index in [0.717, 1.165) is 64.2 Å². The molecule has 2 N–H and O–H groups in total. The number of aliphatic hydroxyl groups excluding tert-OH is 2. The van der Waals surface area contributed by atoms with E-state index in [9.17, 15) is 19.2 Å². The highest BCUT2D eigenvalue weighted by Gasteiger charge is 2.52. The third-order valence-corrected chi connectivity index (χ3v) is 12.2. The van der Waals surface area contributed by atoms with Crippen molar-refractivity contribution in [1.29, 1.82) is 0 Å². The molecule has 2 heterocycles. The van der Waals surface area contributed by atoms with Gasteiger partial charge < -0.3 is 19.7 Å². The second kappa shape index (κ2) is 22.4. The maximum Gasteiger partial charge on any atom is 0.325 e. The molecule has 0 spiro atoms. The molecule has 2 aliphatic heterocycles. The van der Waals surface area contributed by atoms with Crippen molar-refractivity contribution in [1.82, 2.24) is 0 Å². The van der Waals surface area contributed by atoms with Crippen molar-refractivity contribution in [2.24, 2.45) is 0 Å². The van der Waals surface area contributed by atoms with Crippen LogP contribution < -0.4 is 0 Å². The fourth-order valence-electron chi connectivity index (χ4n) is 7.39. The largest absolute Gasteiger partial charge is 0.461 e. The molecule has 0 aromatic heterocycles. The van der Waals surface area contributed by atoms with E-state index in [-0.39, 0.29) is 24.3 Å². The van der Waals surface area contributed by atoms with Gasteiger partial charge in [-0.3, -0.25) is 9.00 Å². The van der Waals surface area contributed by atoms with E-state index in [1.165, 1.54) is 77.0 Å². The Morgan fingerprint density at radius 2 is 1.20 bits per heavy atom. The summed E-state index contributed by atoms with van der Waals surface area (Å²) in [6.45, 7) is 4.15. The first-order valence-corrected chi connectivity index (χ1v) is 20.2. The van der Waals surface area contributed by atoms with Crippen LogP contribution in [0.4, 0.5) is 0 Å². The Hall–Kier alpha value is -1.28. The number of rotatable bonds is 26. The average Bonchev–Trinajstić information content (AvgIpc) is 3.67. The molecular formula is C39H66O6S. The molecule has 7 heteroatoms. The molecular weight excluding hydrogens is 596 g/mol. The number of unbranched alkanes of at least 4 members (excludes halogenated alkanes) is 16. The lowest BCUT2D eigenvalue weighted by Gasteiger charge is -2.24. The first-order chi connectivity index (χ1) is 22.4. The zero-order valence-electron chi connectivity index (χ0n) is 29.2. The van der Waals surface area contributed by atoms with Crippen molar-refractivity contribution in [3.05, 3.63) is 30.3 Å². The normalized spacial score (nSPS) is 25.0. The summed E-state index contributed by atoms with van der Waals surface area (Å²) >= 11 is 0. The second-order valence-electron chi connectivity index (χ2n) is 14.3. The molecule has 1 aromatic carbocycles. The Balaban J connectivity index is 1.16. The molecule has 1 aromatic rings. The Bertz CT molecular complexity index is 972. The SMILES string of the molecule is CCCCCCCCCC[C@@H](O)[C@H]1CC[C@H]([C@H](O)CCCCCCCCCCCCC2(S(=O)c3ccccc3)C[C@H](C)OC2=O)O1. The van der Waals surface area contributed by atoms with Gasteiger partial charge in [-0.1, -0.05) is 141 Å². The van der Waals surface area contributed by atoms with E-state index in [2.05, 4.69) is 6.92 Å². The van der Waals surface area contributed by atoms with Gasteiger partial charge in [-0.2, -0.15) is 0 Å². The van der Waals surface area contributed by atoms with Gasteiger partial charge in [0.1, 0.15) is 6.10 Å². The Morgan fingerprint density at radius 1 is 0.739 bits per heavy atom. The maximum absolute atomic E-state index is 13.4. The summed E-state index contributed by atoms with van der Waals surface area (Å²) in [6.07, 6.45) is 24.8. The van der Waals surface area contributed by atoms with Crippen molar-refractivity contribution in [3.63, 3.8) is 0 Å².